The largest absolute Gasteiger partial charge is 0.400 e. The van der Waals surface area contributed by atoms with Crippen molar-refractivity contribution in [3.05, 3.63) is 36.0 Å². The lowest BCUT2D eigenvalue weighted by molar-refractivity contribution is -0.107. The molecule has 1 heterocycles. The van der Waals surface area contributed by atoms with Gasteiger partial charge < -0.3 is 14.9 Å². The molecule has 0 amide bonds. The number of para-hydroxylation sites is 1. The molecule has 0 aliphatic rings. The van der Waals surface area contributed by atoms with E-state index in [4.69, 9.17) is 5.11 Å². The molecule has 0 spiro atoms. The Balaban J connectivity index is 0.000000531. The molecule has 0 unspecified atom stereocenters. The Morgan fingerprint density at radius 3 is 2.73 bits per heavy atom. The van der Waals surface area contributed by atoms with Gasteiger partial charge in [-0.3, -0.25) is 0 Å². The SMILES string of the molecule is CO.O=CCCc1cc2ccccc2[nH]1. The van der Waals surface area contributed by atoms with Crippen molar-refractivity contribution < 1.29 is 9.90 Å². The van der Waals surface area contributed by atoms with E-state index in [1.807, 2.05) is 18.2 Å². The third-order valence-corrected chi connectivity index (χ3v) is 2.12. The standard InChI is InChI=1S/C11H11NO.CH4O/c13-7-3-5-10-8-9-4-1-2-6-11(9)12-10;1-2/h1-2,4,6-8,12H,3,5H2;2H,1H3. The summed E-state index contributed by atoms with van der Waals surface area (Å²) in [6, 6.07) is 10.2. The number of nitrogens with one attached hydrogen (secondary N) is 1. The summed E-state index contributed by atoms with van der Waals surface area (Å²) in [5.41, 5.74) is 2.27. The van der Waals surface area contributed by atoms with Gasteiger partial charge in [-0.05, 0) is 23.9 Å². The zero-order valence-corrected chi connectivity index (χ0v) is 8.73. The van der Waals surface area contributed by atoms with Gasteiger partial charge in [0.15, 0.2) is 0 Å². The first kappa shape index (κ1) is 11.5. The highest BCUT2D eigenvalue weighted by molar-refractivity contribution is 5.80. The summed E-state index contributed by atoms with van der Waals surface area (Å²) in [7, 11) is 1.00. The van der Waals surface area contributed by atoms with Gasteiger partial charge in [0.25, 0.3) is 0 Å². The first-order valence-electron chi connectivity index (χ1n) is 4.85. The van der Waals surface area contributed by atoms with Crippen LogP contribution in [0.3, 0.4) is 0 Å². The van der Waals surface area contributed by atoms with Gasteiger partial charge in [-0.15, -0.1) is 0 Å². The maximum atomic E-state index is 10.2. The fourth-order valence-electron chi connectivity index (χ4n) is 1.48. The van der Waals surface area contributed by atoms with Gasteiger partial charge in [0.1, 0.15) is 6.29 Å². The van der Waals surface area contributed by atoms with Crippen LogP contribution in [0.15, 0.2) is 30.3 Å². The lowest BCUT2D eigenvalue weighted by Gasteiger charge is -1.88. The van der Waals surface area contributed by atoms with Crippen molar-refractivity contribution in [2.45, 2.75) is 12.8 Å². The number of fused-ring (bicyclic) bond motifs is 1. The number of rotatable bonds is 3. The predicted molar refractivity (Wildman–Crippen MR) is 60.8 cm³/mol. The van der Waals surface area contributed by atoms with E-state index in [1.165, 1.54) is 5.39 Å². The number of aromatic nitrogens is 1. The molecule has 0 bridgehead atoms. The van der Waals surface area contributed by atoms with Crippen molar-refractivity contribution >= 4 is 17.2 Å². The van der Waals surface area contributed by atoms with Crippen molar-refractivity contribution in [2.75, 3.05) is 7.11 Å². The summed E-state index contributed by atoms with van der Waals surface area (Å²) in [5.74, 6) is 0. The maximum Gasteiger partial charge on any atom is 0.120 e. The van der Waals surface area contributed by atoms with E-state index in [0.717, 1.165) is 31.0 Å². The van der Waals surface area contributed by atoms with Crippen LogP contribution in [-0.2, 0) is 11.2 Å². The molecule has 0 fully saturated rings. The van der Waals surface area contributed by atoms with Crippen molar-refractivity contribution in [1.29, 1.82) is 0 Å². The number of carbonyl (C=O) groups is 1. The van der Waals surface area contributed by atoms with Crippen molar-refractivity contribution in [3.8, 4) is 0 Å². The number of hydrogen-bond acceptors (Lipinski definition) is 2. The second-order valence-electron chi connectivity index (χ2n) is 3.09. The molecular weight excluding hydrogens is 190 g/mol. The van der Waals surface area contributed by atoms with Crippen LogP contribution < -0.4 is 0 Å². The minimum Gasteiger partial charge on any atom is -0.400 e. The summed E-state index contributed by atoms with van der Waals surface area (Å²) in [6.45, 7) is 0. The minimum absolute atomic E-state index is 0.590. The Kier molecular flexibility index (Phi) is 4.57. The van der Waals surface area contributed by atoms with E-state index < -0.39 is 0 Å². The van der Waals surface area contributed by atoms with Gasteiger partial charge in [0, 0.05) is 24.7 Å². The van der Waals surface area contributed by atoms with E-state index in [0.29, 0.717) is 6.42 Å². The van der Waals surface area contributed by atoms with E-state index >= 15 is 0 Å². The molecule has 0 aliphatic carbocycles. The van der Waals surface area contributed by atoms with E-state index in [1.54, 1.807) is 0 Å². The number of benzene rings is 1. The van der Waals surface area contributed by atoms with Gasteiger partial charge in [-0.1, -0.05) is 18.2 Å². The predicted octanol–water partition coefficient (Wildman–Crippen LogP) is 1.91. The molecule has 0 atom stereocenters. The van der Waals surface area contributed by atoms with Crippen LogP contribution in [0.4, 0.5) is 0 Å². The molecule has 1 aromatic heterocycles. The van der Waals surface area contributed by atoms with E-state index in [2.05, 4.69) is 17.1 Å². The van der Waals surface area contributed by atoms with Gasteiger partial charge in [-0.2, -0.15) is 0 Å². The molecule has 80 valence electrons. The molecule has 3 heteroatoms. The number of aryl methyl sites for hydroxylation is 1. The zero-order valence-electron chi connectivity index (χ0n) is 8.73. The number of aldehydes is 1. The summed E-state index contributed by atoms with van der Waals surface area (Å²) in [5, 5.41) is 8.21. The first-order chi connectivity index (χ1) is 7.40. The topological polar surface area (TPSA) is 53.1 Å². The Hall–Kier alpha value is -1.61. The zero-order chi connectivity index (χ0) is 11.1. The van der Waals surface area contributed by atoms with Crippen LogP contribution >= 0.6 is 0 Å². The molecule has 2 rings (SSSR count). The molecule has 3 nitrogen and oxygen atoms in total. The van der Waals surface area contributed by atoms with Gasteiger partial charge in [0.05, 0.1) is 0 Å². The Labute approximate surface area is 88.7 Å². The quantitative estimate of drug-likeness (QED) is 0.752. The van der Waals surface area contributed by atoms with Crippen molar-refractivity contribution in [3.63, 3.8) is 0 Å². The Morgan fingerprint density at radius 1 is 1.33 bits per heavy atom. The average Bonchev–Trinajstić information content (AvgIpc) is 2.71. The molecular formula is C12H15NO2. The third-order valence-electron chi connectivity index (χ3n) is 2.12. The fraction of sp³-hybridized carbons (Fsp3) is 0.250. The molecule has 0 aliphatic heterocycles. The van der Waals surface area contributed by atoms with Crippen LogP contribution in [0.2, 0.25) is 0 Å². The summed E-state index contributed by atoms with van der Waals surface area (Å²) in [4.78, 5) is 13.5. The van der Waals surface area contributed by atoms with E-state index in [9.17, 15) is 4.79 Å². The number of hydrogen-bond donors (Lipinski definition) is 2. The third kappa shape index (κ3) is 2.92. The molecule has 0 radical (unpaired) electrons. The smallest absolute Gasteiger partial charge is 0.120 e. The monoisotopic (exact) mass is 205 g/mol. The minimum atomic E-state index is 0.590. The van der Waals surface area contributed by atoms with Crippen molar-refractivity contribution in [2.24, 2.45) is 0 Å². The number of carbonyl (C=O) groups excluding carboxylic acids is 1. The molecule has 0 saturated carbocycles. The molecule has 1 aromatic carbocycles. The normalized spacial score (nSPS) is 9.47. The lowest BCUT2D eigenvalue weighted by atomic mass is 10.2. The molecule has 2 aromatic rings. The van der Waals surface area contributed by atoms with Crippen molar-refractivity contribution in [1.82, 2.24) is 4.98 Å². The van der Waals surface area contributed by atoms with Crippen LogP contribution in [0.5, 0.6) is 0 Å². The summed E-state index contributed by atoms with van der Waals surface area (Å²) >= 11 is 0. The highest BCUT2D eigenvalue weighted by atomic mass is 16.2. The number of aromatic amines is 1. The van der Waals surface area contributed by atoms with Gasteiger partial charge in [-0.25, -0.2) is 0 Å². The summed E-state index contributed by atoms with van der Waals surface area (Å²) < 4.78 is 0. The van der Waals surface area contributed by atoms with Gasteiger partial charge in [0.2, 0.25) is 0 Å². The Morgan fingerprint density at radius 2 is 2.07 bits per heavy atom. The van der Waals surface area contributed by atoms with Crippen LogP contribution in [0, 0.1) is 0 Å². The molecule has 15 heavy (non-hydrogen) atoms. The first-order valence-corrected chi connectivity index (χ1v) is 4.85. The number of aliphatic hydroxyl groups is 1. The maximum absolute atomic E-state index is 10.2. The van der Waals surface area contributed by atoms with Crippen LogP contribution in [0.25, 0.3) is 10.9 Å². The highest BCUT2D eigenvalue weighted by Gasteiger charge is 1.98. The average molecular weight is 205 g/mol. The second kappa shape index (κ2) is 5.98. The fourth-order valence-corrected chi connectivity index (χ4v) is 1.48. The lowest BCUT2D eigenvalue weighted by Crippen LogP contribution is -1.84. The van der Waals surface area contributed by atoms with Crippen LogP contribution in [-0.4, -0.2) is 23.5 Å². The molecule has 2 N–H and O–H groups in total. The van der Waals surface area contributed by atoms with Crippen LogP contribution in [0.1, 0.15) is 12.1 Å². The highest BCUT2D eigenvalue weighted by Crippen LogP contribution is 2.15. The molecule has 0 saturated heterocycles. The van der Waals surface area contributed by atoms with E-state index in [-0.39, 0.29) is 0 Å². The summed E-state index contributed by atoms with van der Waals surface area (Å²) in [6.07, 6.45) is 2.34. The Bertz CT molecular complexity index is 387. The second-order valence-corrected chi connectivity index (χ2v) is 3.09. The number of aliphatic hydroxyl groups excluding tert-OH is 1. The number of H-pyrrole nitrogens is 1. The van der Waals surface area contributed by atoms with Gasteiger partial charge >= 0.3 is 0 Å².